The molecule has 3 rings (SSSR count). The molecule has 138 valence electrons. The normalized spacial score (nSPS) is 10.0. The van der Waals surface area contributed by atoms with Crippen LogP contribution in [0.25, 0.3) is 0 Å². The van der Waals surface area contributed by atoms with Crippen LogP contribution >= 0.6 is 0 Å². The quantitative estimate of drug-likeness (QED) is 0.635. The summed E-state index contributed by atoms with van der Waals surface area (Å²) < 4.78 is 16.2. The molecule has 0 saturated heterocycles. The molecule has 2 amide bonds. The Morgan fingerprint density at radius 1 is 0.741 bits per heavy atom. The lowest BCUT2D eigenvalue weighted by Gasteiger charge is -2.13. The second kappa shape index (κ2) is 8.62. The SMILES string of the molecule is COc1ccc(OC)c(NC(=O)Nc2ccc(Oc3ccccc3)cc2)c1. The summed E-state index contributed by atoms with van der Waals surface area (Å²) in [4.78, 5) is 12.3. The van der Waals surface area contributed by atoms with E-state index in [2.05, 4.69) is 10.6 Å². The predicted molar refractivity (Wildman–Crippen MR) is 105 cm³/mol. The molecule has 0 radical (unpaired) electrons. The average Bonchev–Trinajstić information content (AvgIpc) is 2.70. The highest BCUT2D eigenvalue weighted by atomic mass is 16.5. The van der Waals surface area contributed by atoms with E-state index in [1.807, 2.05) is 30.3 Å². The van der Waals surface area contributed by atoms with E-state index in [4.69, 9.17) is 14.2 Å². The minimum atomic E-state index is -0.390. The zero-order valence-corrected chi connectivity index (χ0v) is 15.1. The predicted octanol–water partition coefficient (Wildman–Crippen LogP) is 5.14. The molecule has 3 aromatic carbocycles. The molecule has 0 atom stereocenters. The molecule has 6 nitrogen and oxygen atoms in total. The van der Waals surface area contributed by atoms with Gasteiger partial charge in [0.1, 0.15) is 23.0 Å². The van der Waals surface area contributed by atoms with Crippen LogP contribution in [0.15, 0.2) is 72.8 Å². The van der Waals surface area contributed by atoms with Crippen molar-refractivity contribution in [3.8, 4) is 23.0 Å². The van der Waals surface area contributed by atoms with Crippen molar-refractivity contribution < 1.29 is 19.0 Å². The maximum Gasteiger partial charge on any atom is 0.323 e. The van der Waals surface area contributed by atoms with Crippen LogP contribution in [-0.2, 0) is 0 Å². The third-order valence-electron chi connectivity index (χ3n) is 3.75. The van der Waals surface area contributed by atoms with E-state index < -0.39 is 6.03 Å². The molecule has 0 fully saturated rings. The minimum Gasteiger partial charge on any atom is -0.497 e. The minimum absolute atomic E-state index is 0.390. The van der Waals surface area contributed by atoms with Gasteiger partial charge in [-0.25, -0.2) is 4.79 Å². The number of carbonyl (C=O) groups excluding carboxylic acids is 1. The Morgan fingerprint density at radius 3 is 2.07 bits per heavy atom. The van der Waals surface area contributed by atoms with Crippen molar-refractivity contribution in [2.75, 3.05) is 24.9 Å². The van der Waals surface area contributed by atoms with Crippen LogP contribution in [-0.4, -0.2) is 20.3 Å². The van der Waals surface area contributed by atoms with Gasteiger partial charge in [0, 0.05) is 11.8 Å². The maximum absolute atomic E-state index is 12.3. The largest absolute Gasteiger partial charge is 0.497 e. The zero-order valence-electron chi connectivity index (χ0n) is 15.1. The Morgan fingerprint density at radius 2 is 1.41 bits per heavy atom. The van der Waals surface area contributed by atoms with Crippen LogP contribution in [0, 0.1) is 0 Å². The van der Waals surface area contributed by atoms with Crippen molar-refractivity contribution in [2.45, 2.75) is 0 Å². The molecule has 0 aliphatic heterocycles. The molecule has 3 aromatic rings. The molecule has 27 heavy (non-hydrogen) atoms. The lowest BCUT2D eigenvalue weighted by Crippen LogP contribution is -2.19. The Kier molecular flexibility index (Phi) is 5.79. The number of anilines is 2. The molecule has 0 aromatic heterocycles. The number of amides is 2. The van der Waals surface area contributed by atoms with Crippen molar-refractivity contribution >= 4 is 17.4 Å². The van der Waals surface area contributed by atoms with Crippen molar-refractivity contribution in [1.82, 2.24) is 0 Å². The second-order valence-electron chi connectivity index (χ2n) is 5.58. The van der Waals surface area contributed by atoms with Crippen LogP contribution in [0.1, 0.15) is 0 Å². The van der Waals surface area contributed by atoms with Gasteiger partial charge in [0.05, 0.1) is 19.9 Å². The molecule has 0 heterocycles. The van der Waals surface area contributed by atoms with Crippen molar-refractivity contribution in [3.05, 3.63) is 72.8 Å². The van der Waals surface area contributed by atoms with Gasteiger partial charge in [-0.15, -0.1) is 0 Å². The van der Waals surface area contributed by atoms with Gasteiger partial charge in [0.15, 0.2) is 0 Å². The van der Waals surface area contributed by atoms with E-state index in [0.29, 0.717) is 28.6 Å². The molecule has 0 unspecified atom stereocenters. The number of hydrogen-bond donors (Lipinski definition) is 2. The lowest BCUT2D eigenvalue weighted by molar-refractivity contribution is 0.262. The Balaban J connectivity index is 1.63. The fraction of sp³-hybridized carbons (Fsp3) is 0.0952. The van der Waals surface area contributed by atoms with Gasteiger partial charge in [0.2, 0.25) is 0 Å². The maximum atomic E-state index is 12.3. The number of para-hydroxylation sites is 1. The smallest absolute Gasteiger partial charge is 0.323 e. The van der Waals surface area contributed by atoms with E-state index in [-0.39, 0.29) is 0 Å². The van der Waals surface area contributed by atoms with E-state index >= 15 is 0 Å². The fourth-order valence-corrected chi connectivity index (χ4v) is 2.43. The highest BCUT2D eigenvalue weighted by Crippen LogP contribution is 2.29. The number of nitrogens with one attached hydrogen (secondary N) is 2. The summed E-state index contributed by atoms with van der Waals surface area (Å²) in [5.41, 5.74) is 1.15. The molecule has 2 N–H and O–H groups in total. The number of benzene rings is 3. The van der Waals surface area contributed by atoms with Gasteiger partial charge in [-0.2, -0.15) is 0 Å². The Labute approximate surface area is 157 Å². The summed E-state index contributed by atoms with van der Waals surface area (Å²) in [6.45, 7) is 0. The molecule has 0 aliphatic carbocycles. The van der Waals surface area contributed by atoms with E-state index in [0.717, 1.165) is 5.75 Å². The van der Waals surface area contributed by atoms with Crippen LogP contribution in [0.3, 0.4) is 0 Å². The summed E-state index contributed by atoms with van der Waals surface area (Å²) >= 11 is 0. The van der Waals surface area contributed by atoms with Crippen molar-refractivity contribution in [3.63, 3.8) is 0 Å². The van der Waals surface area contributed by atoms with E-state index in [1.165, 1.54) is 7.11 Å². The van der Waals surface area contributed by atoms with E-state index in [9.17, 15) is 4.79 Å². The standard InChI is InChI=1S/C21H20N2O4/c1-25-18-12-13-20(26-2)19(14-18)23-21(24)22-15-8-10-17(11-9-15)27-16-6-4-3-5-7-16/h3-14H,1-2H3,(H2,22,23,24). The first-order valence-corrected chi connectivity index (χ1v) is 8.31. The highest BCUT2D eigenvalue weighted by Gasteiger charge is 2.09. The molecule has 0 spiro atoms. The average molecular weight is 364 g/mol. The Bertz CT molecular complexity index is 896. The molecule has 6 heteroatoms. The van der Waals surface area contributed by atoms with Gasteiger partial charge in [-0.3, -0.25) is 0 Å². The third-order valence-corrected chi connectivity index (χ3v) is 3.75. The summed E-state index contributed by atoms with van der Waals surface area (Å²) in [5.74, 6) is 2.59. The van der Waals surface area contributed by atoms with Gasteiger partial charge >= 0.3 is 6.03 Å². The number of carbonyl (C=O) groups is 1. The van der Waals surface area contributed by atoms with E-state index in [1.54, 1.807) is 49.6 Å². The number of methoxy groups -OCH3 is 2. The summed E-state index contributed by atoms with van der Waals surface area (Å²) in [6.07, 6.45) is 0. The van der Waals surface area contributed by atoms with Gasteiger partial charge < -0.3 is 24.8 Å². The first-order valence-electron chi connectivity index (χ1n) is 8.31. The highest BCUT2D eigenvalue weighted by molar-refractivity contribution is 6.00. The van der Waals surface area contributed by atoms with Crippen LogP contribution in [0.5, 0.6) is 23.0 Å². The van der Waals surface area contributed by atoms with Gasteiger partial charge in [0.25, 0.3) is 0 Å². The summed E-state index contributed by atoms with van der Waals surface area (Å²) in [5, 5.41) is 5.52. The van der Waals surface area contributed by atoms with Crippen LogP contribution in [0.4, 0.5) is 16.2 Å². The summed E-state index contributed by atoms with van der Waals surface area (Å²) in [7, 11) is 3.10. The molecule has 0 aliphatic rings. The van der Waals surface area contributed by atoms with Crippen LogP contribution < -0.4 is 24.8 Å². The van der Waals surface area contributed by atoms with Gasteiger partial charge in [-0.1, -0.05) is 18.2 Å². The lowest BCUT2D eigenvalue weighted by atomic mass is 10.2. The molecule has 0 bridgehead atoms. The van der Waals surface area contributed by atoms with Crippen molar-refractivity contribution in [2.24, 2.45) is 0 Å². The van der Waals surface area contributed by atoms with Gasteiger partial charge in [-0.05, 0) is 48.5 Å². The Hall–Kier alpha value is -3.67. The second-order valence-corrected chi connectivity index (χ2v) is 5.58. The first-order chi connectivity index (χ1) is 13.2. The first kappa shape index (κ1) is 18.1. The number of ether oxygens (including phenoxy) is 3. The molecular weight excluding hydrogens is 344 g/mol. The zero-order chi connectivity index (χ0) is 19.1. The summed E-state index contributed by atoms with van der Waals surface area (Å²) in [6, 6.07) is 21.4. The number of urea groups is 1. The van der Waals surface area contributed by atoms with Crippen molar-refractivity contribution in [1.29, 1.82) is 0 Å². The number of rotatable bonds is 6. The molecule has 0 saturated carbocycles. The monoisotopic (exact) mass is 364 g/mol. The fourth-order valence-electron chi connectivity index (χ4n) is 2.43. The van der Waals surface area contributed by atoms with Crippen LogP contribution in [0.2, 0.25) is 0 Å². The molecular formula is C21H20N2O4. The third kappa shape index (κ3) is 4.92. The number of hydrogen-bond acceptors (Lipinski definition) is 4. The topological polar surface area (TPSA) is 68.8 Å².